The minimum absolute atomic E-state index is 0.137. The fourth-order valence-electron chi connectivity index (χ4n) is 4.27. The molecule has 3 heterocycles. The van der Waals surface area contributed by atoms with Gasteiger partial charge in [-0.1, -0.05) is 17.7 Å². The maximum Gasteiger partial charge on any atom is 0.279 e. The van der Waals surface area contributed by atoms with Crippen LogP contribution >= 0.6 is 11.6 Å². The van der Waals surface area contributed by atoms with E-state index in [1.807, 2.05) is 74.4 Å². The molecular formula is C26H24ClN5O. The maximum atomic E-state index is 13.3. The second-order valence-corrected chi connectivity index (χ2v) is 8.97. The second-order valence-electron chi connectivity index (χ2n) is 8.54. The van der Waals surface area contributed by atoms with Gasteiger partial charge in [0.15, 0.2) is 5.52 Å². The highest BCUT2D eigenvalue weighted by molar-refractivity contribution is 6.30. The van der Waals surface area contributed by atoms with Crippen molar-refractivity contribution in [2.45, 2.75) is 33.7 Å². The second kappa shape index (κ2) is 8.05. The average molecular weight is 458 g/mol. The molecule has 3 aromatic heterocycles. The molecule has 0 aliphatic rings. The number of H-pyrrole nitrogens is 1. The SMILES string of the molecule is Cc1cc(Cl)cc(C(C)n2ccc3[nH]c(-c4ccc(-n5cnc(C)c5)c(C)c4)nc3c2=O)c1. The largest absolute Gasteiger partial charge is 0.338 e. The van der Waals surface area contributed by atoms with E-state index in [0.29, 0.717) is 21.9 Å². The molecule has 1 atom stereocenters. The molecule has 0 amide bonds. The van der Waals surface area contributed by atoms with Gasteiger partial charge in [0.1, 0.15) is 5.82 Å². The van der Waals surface area contributed by atoms with Gasteiger partial charge in [0.05, 0.1) is 23.6 Å². The van der Waals surface area contributed by atoms with Crippen molar-refractivity contribution >= 4 is 22.6 Å². The minimum atomic E-state index is -0.167. The predicted molar refractivity (Wildman–Crippen MR) is 132 cm³/mol. The molecule has 7 heteroatoms. The van der Waals surface area contributed by atoms with Crippen molar-refractivity contribution in [3.63, 3.8) is 0 Å². The summed E-state index contributed by atoms with van der Waals surface area (Å²) in [6.45, 7) is 8.01. The van der Waals surface area contributed by atoms with E-state index in [4.69, 9.17) is 11.6 Å². The molecule has 0 saturated heterocycles. The molecular weight excluding hydrogens is 434 g/mol. The molecule has 33 heavy (non-hydrogen) atoms. The summed E-state index contributed by atoms with van der Waals surface area (Å²) in [5.74, 6) is 0.669. The van der Waals surface area contributed by atoms with E-state index in [-0.39, 0.29) is 11.6 Å². The molecule has 1 unspecified atom stereocenters. The van der Waals surface area contributed by atoms with Crippen LogP contribution in [0.25, 0.3) is 28.1 Å². The summed E-state index contributed by atoms with van der Waals surface area (Å²) in [6.07, 6.45) is 5.61. The molecule has 0 aliphatic carbocycles. The Morgan fingerprint density at radius 2 is 1.88 bits per heavy atom. The van der Waals surface area contributed by atoms with E-state index < -0.39 is 0 Å². The predicted octanol–water partition coefficient (Wildman–Crippen LogP) is 5.77. The Kier molecular flexibility index (Phi) is 5.17. The molecule has 0 aliphatic heterocycles. The van der Waals surface area contributed by atoms with Crippen LogP contribution < -0.4 is 5.56 Å². The fraction of sp³-hybridized carbons (Fsp3) is 0.192. The topological polar surface area (TPSA) is 68.5 Å². The number of fused-ring (bicyclic) bond motifs is 1. The molecule has 0 radical (unpaired) electrons. The highest BCUT2D eigenvalue weighted by Crippen LogP contribution is 2.26. The van der Waals surface area contributed by atoms with Crippen molar-refractivity contribution in [1.82, 2.24) is 24.1 Å². The van der Waals surface area contributed by atoms with Crippen LogP contribution in [0.2, 0.25) is 5.02 Å². The number of nitrogens with one attached hydrogen (secondary N) is 1. The van der Waals surface area contributed by atoms with Gasteiger partial charge >= 0.3 is 0 Å². The maximum absolute atomic E-state index is 13.3. The summed E-state index contributed by atoms with van der Waals surface area (Å²) in [4.78, 5) is 25.6. The third-order valence-electron chi connectivity index (χ3n) is 5.99. The van der Waals surface area contributed by atoms with Crippen molar-refractivity contribution < 1.29 is 0 Å². The molecule has 1 N–H and O–H groups in total. The first kappa shape index (κ1) is 21.2. The van der Waals surface area contributed by atoms with E-state index in [9.17, 15) is 4.79 Å². The van der Waals surface area contributed by atoms with Crippen LogP contribution in [-0.2, 0) is 0 Å². The number of benzene rings is 2. The number of aromatic nitrogens is 5. The average Bonchev–Trinajstić information content (AvgIpc) is 3.40. The first-order valence-corrected chi connectivity index (χ1v) is 11.2. The number of halogens is 1. The highest BCUT2D eigenvalue weighted by atomic mass is 35.5. The Hall–Kier alpha value is -3.64. The van der Waals surface area contributed by atoms with Crippen molar-refractivity contribution in [3.05, 3.63) is 98.9 Å². The number of aromatic amines is 1. The van der Waals surface area contributed by atoms with Crippen LogP contribution in [-0.4, -0.2) is 24.1 Å². The third kappa shape index (κ3) is 3.87. The number of aryl methyl sites for hydroxylation is 3. The first-order chi connectivity index (χ1) is 15.8. The summed E-state index contributed by atoms with van der Waals surface area (Å²) in [5.41, 5.74) is 7.09. The fourth-order valence-corrected chi connectivity index (χ4v) is 4.57. The first-order valence-electron chi connectivity index (χ1n) is 10.8. The van der Waals surface area contributed by atoms with Crippen molar-refractivity contribution in [3.8, 4) is 17.1 Å². The van der Waals surface area contributed by atoms with Gasteiger partial charge < -0.3 is 14.1 Å². The van der Waals surface area contributed by atoms with E-state index in [2.05, 4.69) is 34.0 Å². The molecule has 6 nitrogen and oxygen atoms in total. The number of rotatable bonds is 4. The molecule has 5 aromatic rings. The summed E-state index contributed by atoms with van der Waals surface area (Å²) in [7, 11) is 0. The lowest BCUT2D eigenvalue weighted by Crippen LogP contribution is -2.23. The van der Waals surface area contributed by atoms with Gasteiger partial charge in [-0.3, -0.25) is 4.79 Å². The van der Waals surface area contributed by atoms with Crippen LogP contribution in [0.3, 0.4) is 0 Å². The molecule has 0 fully saturated rings. The summed E-state index contributed by atoms with van der Waals surface area (Å²) in [5, 5.41) is 0.665. The zero-order chi connectivity index (χ0) is 23.3. The van der Waals surface area contributed by atoms with E-state index >= 15 is 0 Å². The van der Waals surface area contributed by atoms with Gasteiger partial charge in [0, 0.05) is 28.7 Å². The number of pyridine rings is 1. The van der Waals surface area contributed by atoms with Crippen molar-refractivity contribution in [2.24, 2.45) is 0 Å². The monoisotopic (exact) mass is 457 g/mol. The summed E-state index contributed by atoms with van der Waals surface area (Å²) in [6, 6.07) is 13.7. The summed E-state index contributed by atoms with van der Waals surface area (Å²) < 4.78 is 3.71. The molecule has 0 saturated carbocycles. The number of hydrogen-bond donors (Lipinski definition) is 1. The van der Waals surface area contributed by atoms with Crippen LogP contribution in [0.1, 0.15) is 35.3 Å². The zero-order valence-electron chi connectivity index (χ0n) is 18.9. The van der Waals surface area contributed by atoms with Crippen LogP contribution in [0.15, 0.2) is 66.0 Å². The minimum Gasteiger partial charge on any atom is -0.338 e. The Labute approximate surface area is 196 Å². The third-order valence-corrected chi connectivity index (χ3v) is 6.21. The molecule has 166 valence electrons. The quantitative estimate of drug-likeness (QED) is 0.372. The lowest BCUT2D eigenvalue weighted by molar-refractivity contribution is 0.618. The van der Waals surface area contributed by atoms with Gasteiger partial charge in [0.25, 0.3) is 5.56 Å². The van der Waals surface area contributed by atoms with Gasteiger partial charge in [-0.2, -0.15) is 0 Å². The Bertz CT molecular complexity index is 1540. The number of nitrogens with zero attached hydrogens (tertiary/aromatic N) is 4. The van der Waals surface area contributed by atoms with Gasteiger partial charge in [-0.15, -0.1) is 0 Å². The standard InChI is InChI=1S/C26H24ClN5O/c1-15-9-20(12-21(27)10-15)18(4)32-8-7-22-24(26(32)33)30-25(29-22)19-5-6-23(16(2)11-19)31-13-17(3)28-14-31/h5-14,18H,1-4H3,(H,29,30). The van der Waals surface area contributed by atoms with Crippen LogP contribution in [0, 0.1) is 20.8 Å². The molecule has 0 bridgehead atoms. The van der Waals surface area contributed by atoms with Crippen LogP contribution in [0.5, 0.6) is 0 Å². The van der Waals surface area contributed by atoms with Gasteiger partial charge in [-0.05, 0) is 80.8 Å². The van der Waals surface area contributed by atoms with Crippen LogP contribution in [0.4, 0.5) is 0 Å². The van der Waals surface area contributed by atoms with Crippen molar-refractivity contribution in [1.29, 1.82) is 0 Å². The lowest BCUT2D eigenvalue weighted by atomic mass is 10.1. The Balaban J connectivity index is 1.53. The Morgan fingerprint density at radius 1 is 1.06 bits per heavy atom. The molecule has 2 aromatic carbocycles. The van der Waals surface area contributed by atoms with E-state index in [1.165, 1.54) is 0 Å². The molecule has 5 rings (SSSR count). The normalized spacial score (nSPS) is 12.4. The summed E-state index contributed by atoms with van der Waals surface area (Å²) >= 11 is 6.24. The smallest absolute Gasteiger partial charge is 0.279 e. The number of imidazole rings is 2. The van der Waals surface area contributed by atoms with Crippen molar-refractivity contribution in [2.75, 3.05) is 0 Å². The number of hydrogen-bond acceptors (Lipinski definition) is 3. The van der Waals surface area contributed by atoms with Gasteiger partial charge in [0.2, 0.25) is 0 Å². The zero-order valence-corrected chi connectivity index (χ0v) is 19.7. The van der Waals surface area contributed by atoms with E-state index in [1.54, 1.807) is 4.57 Å². The molecule has 0 spiro atoms. The lowest BCUT2D eigenvalue weighted by Gasteiger charge is -2.16. The highest BCUT2D eigenvalue weighted by Gasteiger charge is 2.16. The van der Waals surface area contributed by atoms with E-state index in [0.717, 1.165) is 33.6 Å². The van der Waals surface area contributed by atoms with Gasteiger partial charge in [-0.25, -0.2) is 9.97 Å². The Morgan fingerprint density at radius 3 is 2.58 bits per heavy atom.